The summed E-state index contributed by atoms with van der Waals surface area (Å²) in [4.78, 5) is 10.7. The Bertz CT molecular complexity index is 363. The zero-order valence-electron chi connectivity index (χ0n) is 8.37. The van der Waals surface area contributed by atoms with Gasteiger partial charge in [-0.15, -0.1) is 0 Å². The van der Waals surface area contributed by atoms with Gasteiger partial charge in [0.05, 0.1) is 7.11 Å². The smallest absolute Gasteiger partial charge is 0.330 e. The molecule has 0 heterocycles. The zero-order valence-corrected chi connectivity index (χ0v) is 9.12. The lowest BCUT2D eigenvalue weighted by Gasteiger charge is -2.02. The molecule has 0 unspecified atom stereocenters. The van der Waals surface area contributed by atoms with E-state index in [1.54, 1.807) is 12.1 Å². The van der Waals surface area contributed by atoms with Crippen molar-refractivity contribution in [2.75, 3.05) is 19.0 Å². The van der Waals surface area contributed by atoms with Gasteiger partial charge in [-0.1, -0.05) is 23.7 Å². The second-order valence-electron chi connectivity index (χ2n) is 2.82. The molecule has 3 nitrogen and oxygen atoms in total. The maximum Gasteiger partial charge on any atom is 0.330 e. The van der Waals surface area contributed by atoms with Gasteiger partial charge in [-0.25, -0.2) is 4.79 Å². The van der Waals surface area contributed by atoms with Gasteiger partial charge in [0, 0.05) is 23.3 Å². The Hall–Kier alpha value is -1.48. The summed E-state index contributed by atoms with van der Waals surface area (Å²) in [6.45, 7) is 0.551. The van der Waals surface area contributed by atoms with Crippen LogP contribution in [0.4, 0.5) is 5.69 Å². The predicted octanol–water partition coefficient (Wildman–Crippen LogP) is 2.48. The number of anilines is 1. The molecule has 0 aliphatic carbocycles. The summed E-state index contributed by atoms with van der Waals surface area (Å²) in [6, 6.07) is 7.37. The Morgan fingerprint density at radius 1 is 1.60 bits per heavy atom. The summed E-state index contributed by atoms with van der Waals surface area (Å²) < 4.78 is 4.45. The fourth-order valence-corrected chi connectivity index (χ4v) is 1.19. The van der Waals surface area contributed by atoms with Crippen molar-refractivity contribution in [2.24, 2.45) is 0 Å². The van der Waals surface area contributed by atoms with E-state index in [2.05, 4.69) is 10.1 Å². The summed E-state index contributed by atoms with van der Waals surface area (Å²) >= 11 is 5.80. The van der Waals surface area contributed by atoms with E-state index in [1.165, 1.54) is 13.2 Å². The SMILES string of the molecule is COC(=O)/C=C/CNc1cccc(Cl)c1. The highest BCUT2D eigenvalue weighted by Crippen LogP contribution is 2.14. The lowest BCUT2D eigenvalue weighted by Crippen LogP contribution is -2.00. The number of methoxy groups -OCH3 is 1. The molecule has 15 heavy (non-hydrogen) atoms. The first-order chi connectivity index (χ1) is 7.22. The third-order valence-corrected chi connectivity index (χ3v) is 1.94. The van der Waals surface area contributed by atoms with Crippen LogP contribution in [0.25, 0.3) is 0 Å². The molecule has 0 aromatic heterocycles. The highest BCUT2D eigenvalue weighted by atomic mass is 35.5. The van der Waals surface area contributed by atoms with Crippen LogP contribution in [0.5, 0.6) is 0 Å². The molecular formula is C11H12ClNO2. The van der Waals surface area contributed by atoms with Crippen LogP contribution in [0.1, 0.15) is 0 Å². The number of halogens is 1. The van der Waals surface area contributed by atoms with Crippen LogP contribution in [0, 0.1) is 0 Å². The summed E-state index contributed by atoms with van der Waals surface area (Å²) in [6.07, 6.45) is 3.06. The average Bonchev–Trinajstić information content (AvgIpc) is 2.24. The first-order valence-corrected chi connectivity index (χ1v) is 4.84. The maximum atomic E-state index is 10.7. The summed E-state index contributed by atoms with van der Waals surface area (Å²) in [5, 5.41) is 3.76. The van der Waals surface area contributed by atoms with Gasteiger partial charge in [0.1, 0.15) is 0 Å². The van der Waals surface area contributed by atoms with E-state index in [9.17, 15) is 4.79 Å². The second-order valence-corrected chi connectivity index (χ2v) is 3.25. The monoisotopic (exact) mass is 225 g/mol. The summed E-state index contributed by atoms with van der Waals surface area (Å²) in [5.41, 5.74) is 0.914. The third kappa shape index (κ3) is 4.51. The molecule has 0 bridgehead atoms. The first-order valence-electron chi connectivity index (χ1n) is 4.46. The highest BCUT2D eigenvalue weighted by molar-refractivity contribution is 6.30. The molecule has 4 heteroatoms. The zero-order chi connectivity index (χ0) is 11.1. The van der Waals surface area contributed by atoms with Crippen LogP contribution in [0.2, 0.25) is 5.02 Å². The second kappa shape index (κ2) is 6.09. The van der Waals surface area contributed by atoms with Crippen molar-refractivity contribution >= 4 is 23.3 Å². The van der Waals surface area contributed by atoms with Crippen LogP contribution in [0.3, 0.4) is 0 Å². The molecule has 0 aliphatic heterocycles. The van der Waals surface area contributed by atoms with Gasteiger partial charge in [0.25, 0.3) is 0 Å². The number of ether oxygens (including phenoxy) is 1. The number of esters is 1. The Labute approximate surface area is 93.7 Å². The van der Waals surface area contributed by atoms with E-state index >= 15 is 0 Å². The molecule has 0 radical (unpaired) electrons. The van der Waals surface area contributed by atoms with E-state index in [1.807, 2.05) is 18.2 Å². The van der Waals surface area contributed by atoms with Gasteiger partial charge in [0.15, 0.2) is 0 Å². The van der Waals surface area contributed by atoms with Crippen LogP contribution < -0.4 is 5.32 Å². The predicted molar refractivity (Wildman–Crippen MR) is 61.1 cm³/mol. The largest absolute Gasteiger partial charge is 0.466 e. The number of carbonyl (C=O) groups is 1. The van der Waals surface area contributed by atoms with Crippen molar-refractivity contribution in [3.63, 3.8) is 0 Å². The molecular weight excluding hydrogens is 214 g/mol. The molecule has 80 valence electrons. The van der Waals surface area contributed by atoms with Crippen molar-refractivity contribution in [1.82, 2.24) is 0 Å². The lowest BCUT2D eigenvalue weighted by molar-refractivity contribution is -0.134. The maximum absolute atomic E-state index is 10.7. The van der Waals surface area contributed by atoms with E-state index in [0.717, 1.165) is 5.69 Å². The number of nitrogens with one attached hydrogen (secondary N) is 1. The minimum absolute atomic E-state index is 0.358. The van der Waals surface area contributed by atoms with Crippen LogP contribution in [0.15, 0.2) is 36.4 Å². The van der Waals surface area contributed by atoms with E-state index in [0.29, 0.717) is 11.6 Å². The molecule has 0 saturated carbocycles. The molecule has 0 spiro atoms. The fraction of sp³-hybridized carbons (Fsp3) is 0.182. The Balaban J connectivity index is 2.38. The fourth-order valence-electron chi connectivity index (χ4n) is 0.998. The summed E-state index contributed by atoms with van der Waals surface area (Å²) in [7, 11) is 1.34. The number of benzene rings is 1. The van der Waals surface area contributed by atoms with Crippen molar-refractivity contribution < 1.29 is 9.53 Å². The van der Waals surface area contributed by atoms with E-state index in [4.69, 9.17) is 11.6 Å². The standard InChI is InChI=1S/C11H12ClNO2/c1-15-11(14)6-3-7-13-10-5-2-4-9(12)8-10/h2-6,8,13H,7H2,1H3/b6-3+. The highest BCUT2D eigenvalue weighted by Gasteiger charge is 1.92. The number of hydrogen-bond donors (Lipinski definition) is 1. The Morgan fingerprint density at radius 2 is 2.40 bits per heavy atom. The third-order valence-electron chi connectivity index (χ3n) is 1.70. The normalized spacial score (nSPS) is 10.3. The molecule has 1 aromatic rings. The lowest BCUT2D eigenvalue weighted by atomic mass is 10.3. The van der Waals surface area contributed by atoms with Crippen molar-refractivity contribution in [1.29, 1.82) is 0 Å². The average molecular weight is 226 g/mol. The summed E-state index contributed by atoms with van der Waals surface area (Å²) in [5.74, 6) is -0.358. The molecule has 0 aliphatic rings. The van der Waals surface area contributed by atoms with Crippen LogP contribution >= 0.6 is 11.6 Å². The minimum atomic E-state index is -0.358. The van der Waals surface area contributed by atoms with Gasteiger partial charge >= 0.3 is 5.97 Å². The van der Waals surface area contributed by atoms with Gasteiger partial charge in [0.2, 0.25) is 0 Å². The van der Waals surface area contributed by atoms with Crippen LogP contribution in [-0.2, 0) is 9.53 Å². The van der Waals surface area contributed by atoms with Gasteiger partial charge in [-0.3, -0.25) is 0 Å². The Morgan fingerprint density at radius 3 is 3.07 bits per heavy atom. The Kier molecular flexibility index (Phi) is 4.71. The molecule has 1 N–H and O–H groups in total. The van der Waals surface area contributed by atoms with Gasteiger partial charge in [-0.2, -0.15) is 0 Å². The van der Waals surface area contributed by atoms with Gasteiger partial charge in [-0.05, 0) is 18.2 Å². The quantitative estimate of drug-likeness (QED) is 0.632. The van der Waals surface area contributed by atoms with Crippen molar-refractivity contribution in [3.05, 3.63) is 41.4 Å². The molecule has 0 amide bonds. The van der Waals surface area contributed by atoms with Crippen molar-refractivity contribution in [3.8, 4) is 0 Å². The molecule has 1 rings (SSSR count). The first kappa shape index (κ1) is 11.6. The molecule has 0 fully saturated rings. The molecule has 0 atom stereocenters. The molecule has 1 aromatic carbocycles. The molecule has 0 saturated heterocycles. The van der Waals surface area contributed by atoms with E-state index in [-0.39, 0.29) is 5.97 Å². The van der Waals surface area contributed by atoms with Gasteiger partial charge < -0.3 is 10.1 Å². The number of carbonyl (C=O) groups excluding carboxylic acids is 1. The minimum Gasteiger partial charge on any atom is -0.466 e. The topological polar surface area (TPSA) is 38.3 Å². The van der Waals surface area contributed by atoms with E-state index < -0.39 is 0 Å². The van der Waals surface area contributed by atoms with Crippen LogP contribution in [-0.4, -0.2) is 19.6 Å². The van der Waals surface area contributed by atoms with Crippen molar-refractivity contribution in [2.45, 2.75) is 0 Å². The number of hydrogen-bond acceptors (Lipinski definition) is 3. The number of rotatable bonds is 4.